The molecule has 5 heteroatoms. The van der Waals surface area contributed by atoms with E-state index in [0.717, 1.165) is 46.7 Å². The Hall–Kier alpha value is -1.85. The molecule has 2 aromatic rings. The Morgan fingerprint density at radius 1 is 1.17 bits per heavy atom. The van der Waals surface area contributed by atoms with Crippen molar-refractivity contribution in [3.8, 4) is 0 Å². The normalized spacial score (nSPS) is 22.9. The van der Waals surface area contributed by atoms with Gasteiger partial charge in [0, 0.05) is 49.1 Å². The van der Waals surface area contributed by atoms with Gasteiger partial charge in [0.1, 0.15) is 0 Å². The van der Waals surface area contributed by atoms with Crippen LogP contribution in [0, 0.1) is 5.92 Å². The fraction of sp³-hybridized carbons (Fsp3) is 0.520. The summed E-state index contributed by atoms with van der Waals surface area (Å²) in [5, 5.41) is 14.7. The lowest BCUT2D eigenvalue weighted by atomic mass is 9.80. The smallest absolute Gasteiger partial charge is 0.0686 e. The number of rotatable bonds is 6. The molecule has 0 saturated carbocycles. The molecule has 166 valence electrons. The maximum Gasteiger partial charge on any atom is 0.0686 e. The van der Waals surface area contributed by atoms with Gasteiger partial charge in [0.25, 0.3) is 0 Å². The first-order valence-electron chi connectivity index (χ1n) is 11.1. The van der Waals surface area contributed by atoms with Crippen molar-refractivity contribution in [2.24, 2.45) is 5.92 Å². The van der Waals surface area contributed by atoms with Gasteiger partial charge in [-0.2, -0.15) is 0 Å². The fourth-order valence-electron chi connectivity index (χ4n) is 4.09. The lowest BCUT2D eigenvalue weighted by molar-refractivity contribution is 0.0971. The summed E-state index contributed by atoms with van der Waals surface area (Å²) in [7, 11) is 4.81. The van der Waals surface area contributed by atoms with Crippen molar-refractivity contribution >= 4 is 22.2 Å². The lowest BCUT2D eigenvalue weighted by Gasteiger charge is -2.29. The van der Waals surface area contributed by atoms with Crippen molar-refractivity contribution in [1.82, 2.24) is 0 Å². The quantitative estimate of drug-likeness (QED) is 0.658. The summed E-state index contributed by atoms with van der Waals surface area (Å²) in [4.78, 5) is 2.92. The van der Waals surface area contributed by atoms with Crippen molar-refractivity contribution in [2.45, 2.75) is 57.0 Å². The molecule has 2 aromatic carbocycles. The highest BCUT2D eigenvalue weighted by atomic mass is 32.2. The van der Waals surface area contributed by atoms with E-state index in [9.17, 15) is 9.32 Å². The molecule has 3 rings (SSSR count). The molecule has 0 fully saturated rings. The van der Waals surface area contributed by atoms with E-state index >= 15 is 0 Å². The molecular formula is C25H38N2O2S. The minimum Gasteiger partial charge on any atom is -0.392 e. The van der Waals surface area contributed by atoms with Crippen LogP contribution in [0.1, 0.15) is 57.1 Å². The van der Waals surface area contributed by atoms with Crippen LogP contribution in [0.2, 0.25) is 0 Å². The highest BCUT2D eigenvalue weighted by Gasteiger charge is 2.37. The van der Waals surface area contributed by atoms with Crippen molar-refractivity contribution in [3.05, 3.63) is 53.6 Å². The predicted octanol–water partition coefficient (Wildman–Crippen LogP) is 5.24. The molecule has 4 nitrogen and oxygen atoms in total. The third-order valence-electron chi connectivity index (χ3n) is 5.74. The van der Waals surface area contributed by atoms with Crippen LogP contribution in [0.5, 0.6) is 0 Å². The van der Waals surface area contributed by atoms with Crippen molar-refractivity contribution in [2.75, 3.05) is 37.1 Å². The zero-order valence-electron chi connectivity index (χ0n) is 19.3. The summed E-state index contributed by atoms with van der Waals surface area (Å²) in [6.07, 6.45) is 2.47. The molecule has 2 N–H and O–H groups in total. The second-order valence-corrected chi connectivity index (χ2v) is 9.34. The highest BCUT2D eigenvalue weighted by Crippen LogP contribution is 2.41. The van der Waals surface area contributed by atoms with Crippen LogP contribution in [-0.4, -0.2) is 42.3 Å². The van der Waals surface area contributed by atoms with E-state index in [4.69, 9.17) is 0 Å². The molecule has 0 aliphatic carbocycles. The average Bonchev–Trinajstić information content (AvgIpc) is 2.87. The van der Waals surface area contributed by atoms with Crippen LogP contribution in [-0.2, 0) is 10.8 Å². The molecule has 0 aromatic heterocycles. The number of unbranched alkanes of at least 4 members (excludes halogenated alkanes) is 1. The number of fused-ring (bicyclic) bond motifs is 1. The van der Waals surface area contributed by atoms with Gasteiger partial charge in [-0.15, -0.1) is 0 Å². The minimum absolute atomic E-state index is 0.0271. The van der Waals surface area contributed by atoms with E-state index in [2.05, 4.69) is 35.3 Å². The topological polar surface area (TPSA) is 52.6 Å². The molecule has 0 bridgehead atoms. The Kier molecular flexibility index (Phi) is 9.37. The Bertz CT molecular complexity index is 838. The first kappa shape index (κ1) is 24.4. The lowest BCUT2D eigenvalue weighted by Crippen LogP contribution is -2.30. The summed E-state index contributed by atoms with van der Waals surface area (Å²) in [5.74, 6) is 0.369. The van der Waals surface area contributed by atoms with Gasteiger partial charge in [-0.05, 0) is 53.8 Å². The fourth-order valence-corrected chi connectivity index (χ4v) is 5.69. The Morgan fingerprint density at radius 3 is 2.53 bits per heavy atom. The SMILES string of the molecule is CC.CCCCC1CS(=O)c2ccc(N(C)C)cc2C(c2cccc(NC)c2)C1O. The number of benzene rings is 2. The van der Waals surface area contributed by atoms with Crippen molar-refractivity contribution < 1.29 is 9.32 Å². The van der Waals surface area contributed by atoms with E-state index in [1.807, 2.05) is 59.3 Å². The molecule has 1 aliphatic heterocycles. The van der Waals surface area contributed by atoms with Gasteiger partial charge in [0.15, 0.2) is 0 Å². The largest absolute Gasteiger partial charge is 0.392 e. The summed E-state index contributed by atoms with van der Waals surface area (Å²) in [6, 6.07) is 14.3. The van der Waals surface area contributed by atoms with E-state index in [0.29, 0.717) is 5.75 Å². The molecule has 4 atom stereocenters. The van der Waals surface area contributed by atoms with Crippen LogP contribution >= 0.6 is 0 Å². The second-order valence-electron chi connectivity index (χ2n) is 7.87. The number of nitrogens with one attached hydrogen (secondary N) is 1. The second kappa shape index (κ2) is 11.5. The van der Waals surface area contributed by atoms with Crippen LogP contribution in [0.25, 0.3) is 0 Å². The van der Waals surface area contributed by atoms with Crippen molar-refractivity contribution in [3.63, 3.8) is 0 Å². The zero-order valence-corrected chi connectivity index (χ0v) is 20.1. The van der Waals surface area contributed by atoms with Gasteiger partial charge in [-0.25, -0.2) is 0 Å². The standard InChI is InChI=1S/C23H32N2O2S.C2H6/c1-5-6-8-17-15-28(27)21-12-11-19(25(3)4)14-20(21)22(23(17)26)16-9-7-10-18(13-16)24-2;1-2/h7,9-14,17,22-24,26H,5-6,8,15H2,1-4H3;1-2H3. The molecule has 0 saturated heterocycles. The van der Waals surface area contributed by atoms with Gasteiger partial charge in [0.2, 0.25) is 0 Å². The molecule has 1 heterocycles. The molecular weight excluding hydrogens is 392 g/mol. The summed E-state index contributed by atoms with van der Waals surface area (Å²) >= 11 is 0. The van der Waals surface area contributed by atoms with E-state index in [1.165, 1.54) is 0 Å². The predicted molar refractivity (Wildman–Crippen MR) is 130 cm³/mol. The van der Waals surface area contributed by atoms with Gasteiger partial charge in [-0.1, -0.05) is 45.7 Å². The van der Waals surface area contributed by atoms with Crippen LogP contribution in [0.3, 0.4) is 0 Å². The molecule has 30 heavy (non-hydrogen) atoms. The number of anilines is 2. The number of aliphatic hydroxyl groups excluding tert-OH is 1. The average molecular weight is 431 g/mol. The van der Waals surface area contributed by atoms with E-state index < -0.39 is 16.9 Å². The molecule has 0 spiro atoms. The summed E-state index contributed by atoms with van der Waals surface area (Å²) < 4.78 is 13.2. The van der Waals surface area contributed by atoms with Gasteiger partial charge < -0.3 is 15.3 Å². The first-order valence-corrected chi connectivity index (χ1v) is 12.4. The van der Waals surface area contributed by atoms with Gasteiger partial charge in [-0.3, -0.25) is 4.21 Å². The maximum atomic E-state index is 13.2. The molecule has 0 radical (unpaired) electrons. The number of hydrogen-bond donors (Lipinski definition) is 2. The number of hydrogen-bond acceptors (Lipinski definition) is 4. The first-order chi connectivity index (χ1) is 14.5. The maximum absolute atomic E-state index is 13.2. The molecule has 0 amide bonds. The van der Waals surface area contributed by atoms with E-state index in [1.54, 1.807) is 0 Å². The zero-order chi connectivity index (χ0) is 22.3. The Morgan fingerprint density at radius 2 is 1.90 bits per heavy atom. The Balaban J connectivity index is 0.00000155. The minimum atomic E-state index is -1.10. The highest BCUT2D eigenvalue weighted by molar-refractivity contribution is 7.85. The van der Waals surface area contributed by atoms with Crippen LogP contribution < -0.4 is 10.2 Å². The summed E-state index contributed by atoms with van der Waals surface area (Å²) in [6.45, 7) is 6.16. The third-order valence-corrected chi connectivity index (χ3v) is 7.34. The van der Waals surface area contributed by atoms with Crippen molar-refractivity contribution in [1.29, 1.82) is 0 Å². The van der Waals surface area contributed by atoms with Crippen LogP contribution in [0.4, 0.5) is 11.4 Å². The third kappa shape index (κ3) is 5.44. The van der Waals surface area contributed by atoms with Crippen LogP contribution in [0.15, 0.2) is 47.4 Å². The van der Waals surface area contributed by atoms with Gasteiger partial charge >= 0.3 is 0 Å². The van der Waals surface area contributed by atoms with Gasteiger partial charge in [0.05, 0.1) is 16.9 Å². The summed E-state index contributed by atoms with van der Waals surface area (Å²) in [5.41, 5.74) is 4.14. The van der Waals surface area contributed by atoms with E-state index in [-0.39, 0.29) is 11.8 Å². The molecule has 4 unspecified atom stereocenters. The Labute approximate surface area is 185 Å². The monoisotopic (exact) mass is 430 g/mol. The number of nitrogens with zero attached hydrogens (tertiary/aromatic N) is 1. The number of aliphatic hydroxyl groups is 1. The molecule has 1 aliphatic rings.